The first-order chi connectivity index (χ1) is 7.13. The number of carbonyl (C=O) groups excluding carboxylic acids is 1. The second kappa shape index (κ2) is 4.18. The summed E-state index contributed by atoms with van der Waals surface area (Å²) in [6, 6.07) is 6.07. The van der Waals surface area contributed by atoms with Crippen LogP contribution < -0.4 is 4.90 Å². The molecule has 1 aromatic carbocycles. The third kappa shape index (κ3) is 1.93. The number of hydrogen-bond donors (Lipinski definition) is 0. The number of nitrogens with zero attached hydrogens (tertiary/aromatic N) is 1. The Hall–Kier alpha value is -0.480. The van der Waals surface area contributed by atoms with E-state index in [1.807, 2.05) is 26.1 Å². The third-order valence-electron chi connectivity index (χ3n) is 2.53. The van der Waals surface area contributed by atoms with Crippen molar-refractivity contribution in [2.24, 2.45) is 0 Å². The van der Waals surface area contributed by atoms with Crippen molar-refractivity contribution in [1.29, 1.82) is 0 Å². The van der Waals surface area contributed by atoms with Crippen LogP contribution in [0.2, 0.25) is 0 Å². The summed E-state index contributed by atoms with van der Waals surface area (Å²) in [7, 11) is 1.84. The van der Waals surface area contributed by atoms with Gasteiger partial charge in [0.05, 0.1) is 10.9 Å². The number of halogens is 1. The maximum Gasteiger partial charge on any atom is 0.240 e. The van der Waals surface area contributed by atoms with Crippen molar-refractivity contribution in [2.75, 3.05) is 11.9 Å². The Morgan fingerprint density at radius 2 is 2.27 bits per heavy atom. The topological polar surface area (TPSA) is 20.3 Å². The van der Waals surface area contributed by atoms with E-state index in [4.69, 9.17) is 0 Å². The van der Waals surface area contributed by atoms with Gasteiger partial charge in [0, 0.05) is 16.4 Å². The molecule has 0 bridgehead atoms. The third-order valence-corrected chi connectivity index (χ3v) is 4.44. The van der Waals surface area contributed by atoms with Crippen molar-refractivity contribution in [3.63, 3.8) is 0 Å². The minimum Gasteiger partial charge on any atom is -0.313 e. The van der Waals surface area contributed by atoms with Crippen LogP contribution >= 0.6 is 27.7 Å². The smallest absolute Gasteiger partial charge is 0.240 e. The Morgan fingerprint density at radius 3 is 2.93 bits per heavy atom. The predicted octanol–water partition coefficient (Wildman–Crippen LogP) is 3.30. The van der Waals surface area contributed by atoms with Crippen LogP contribution in [0.3, 0.4) is 0 Å². The molecule has 1 atom stereocenters. The number of anilines is 1. The second-order valence-electron chi connectivity index (χ2n) is 3.52. The molecule has 0 N–H and O–H groups in total. The first-order valence-electron chi connectivity index (χ1n) is 4.87. The van der Waals surface area contributed by atoms with Gasteiger partial charge in [0.25, 0.3) is 0 Å². The van der Waals surface area contributed by atoms with Crippen LogP contribution in [-0.2, 0) is 4.79 Å². The largest absolute Gasteiger partial charge is 0.313 e. The first kappa shape index (κ1) is 11.0. The highest BCUT2D eigenvalue weighted by molar-refractivity contribution is 9.10. The zero-order valence-electron chi connectivity index (χ0n) is 8.66. The van der Waals surface area contributed by atoms with Crippen molar-refractivity contribution < 1.29 is 4.79 Å². The SMILES string of the molecule is CCC1Sc2ccc(Br)cc2N(C)C1=O. The molecule has 2 nitrogen and oxygen atoms in total. The van der Waals surface area contributed by atoms with Crippen LogP contribution in [0.4, 0.5) is 5.69 Å². The van der Waals surface area contributed by atoms with Crippen molar-refractivity contribution in [1.82, 2.24) is 0 Å². The van der Waals surface area contributed by atoms with Gasteiger partial charge in [-0.1, -0.05) is 22.9 Å². The number of thioether (sulfide) groups is 1. The Labute approximate surface area is 102 Å². The predicted molar refractivity (Wildman–Crippen MR) is 67.5 cm³/mol. The second-order valence-corrected chi connectivity index (χ2v) is 5.68. The standard InChI is InChI=1S/C11H12BrNOS/c1-3-9-11(14)13(2)8-6-7(12)4-5-10(8)15-9/h4-6,9H,3H2,1-2H3. The molecule has 0 aliphatic carbocycles. The Balaban J connectivity index is 2.45. The lowest BCUT2D eigenvalue weighted by Gasteiger charge is -2.30. The van der Waals surface area contributed by atoms with Crippen LogP contribution in [0.15, 0.2) is 27.6 Å². The summed E-state index contributed by atoms with van der Waals surface area (Å²) in [6.45, 7) is 2.05. The fourth-order valence-corrected chi connectivity index (χ4v) is 3.19. The number of fused-ring (bicyclic) bond motifs is 1. The highest BCUT2D eigenvalue weighted by Crippen LogP contribution is 2.40. The fraction of sp³-hybridized carbons (Fsp3) is 0.364. The van der Waals surface area contributed by atoms with Crippen LogP contribution in [0.1, 0.15) is 13.3 Å². The molecule has 0 saturated carbocycles. The summed E-state index contributed by atoms with van der Waals surface area (Å²) in [5, 5.41) is 0.0728. The number of hydrogen-bond acceptors (Lipinski definition) is 2. The van der Waals surface area contributed by atoms with E-state index in [9.17, 15) is 4.79 Å². The monoisotopic (exact) mass is 285 g/mol. The maximum absolute atomic E-state index is 11.9. The molecule has 4 heteroatoms. The van der Waals surface area contributed by atoms with E-state index in [2.05, 4.69) is 22.0 Å². The van der Waals surface area contributed by atoms with E-state index in [0.717, 1.165) is 16.6 Å². The van der Waals surface area contributed by atoms with Gasteiger partial charge in [-0.15, -0.1) is 11.8 Å². The summed E-state index contributed by atoms with van der Waals surface area (Å²) in [6.07, 6.45) is 0.878. The van der Waals surface area contributed by atoms with Crippen LogP contribution in [0.25, 0.3) is 0 Å². The number of amides is 1. The van der Waals surface area contributed by atoms with Gasteiger partial charge in [-0.3, -0.25) is 4.79 Å². The molecular formula is C11H12BrNOS. The van der Waals surface area contributed by atoms with E-state index in [0.29, 0.717) is 0 Å². The molecule has 0 fully saturated rings. The lowest BCUT2D eigenvalue weighted by molar-refractivity contribution is -0.118. The quantitative estimate of drug-likeness (QED) is 0.789. The van der Waals surface area contributed by atoms with Gasteiger partial charge in [0.2, 0.25) is 5.91 Å². The van der Waals surface area contributed by atoms with E-state index < -0.39 is 0 Å². The average molecular weight is 286 g/mol. The molecule has 15 heavy (non-hydrogen) atoms. The molecule has 1 aromatic rings. The maximum atomic E-state index is 11.9. The number of benzene rings is 1. The van der Waals surface area contributed by atoms with Crippen LogP contribution in [-0.4, -0.2) is 18.2 Å². The minimum absolute atomic E-state index is 0.0728. The van der Waals surface area contributed by atoms with Crippen molar-refractivity contribution in [3.05, 3.63) is 22.7 Å². The van der Waals surface area contributed by atoms with Gasteiger partial charge < -0.3 is 4.90 Å². The zero-order valence-corrected chi connectivity index (χ0v) is 11.1. The average Bonchev–Trinajstić information content (AvgIpc) is 2.24. The summed E-state index contributed by atoms with van der Waals surface area (Å²) in [5.41, 5.74) is 1.00. The zero-order chi connectivity index (χ0) is 11.0. The summed E-state index contributed by atoms with van der Waals surface area (Å²) < 4.78 is 1.01. The molecule has 1 aliphatic rings. The van der Waals surface area contributed by atoms with E-state index in [1.165, 1.54) is 4.90 Å². The molecule has 0 aromatic heterocycles. The lowest BCUT2D eigenvalue weighted by Crippen LogP contribution is -2.37. The first-order valence-corrected chi connectivity index (χ1v) is 6.54. The van der Waals surface area contributed by atoms with E-state index in [-0.39, 0.29) is 11.2 Å². The molecular weight excluding hydrogens is 274 g/mol. The lowest BCUT2D eigenvalue weighted by atomic mass is 10.2. The van der Waals surface area contributed by atoms with Gasteiger partial charge >= 0.3 is 0 Å². The van der Waals surface area contributed by atoms with Crippen molar-refractivity contribution >= 4 is 39.3 Å². The highest BCUT2D eigenvalue weighted by atomic mass is 79.9. The van der Waals surface area contributed by atoms with E-state index >= 15 is 0 Å². The molecule has 2 rings (SSSR count). The number of carbonyl (C=O) groups is 1. The highest BCUT2D eigenvalue weighted by Gasteiger charge is 2.29. The Kier molecular flexibility index (Phi) is 3.07. The fourth-order valence-electron chi connectivity index (χ4n) is 1.65. The molecule has 1 aliphatic heterocycles. The number of rotatable bonds is 1. The van der Waals surface area contributed by atoms with Gasteiger partial charge in [0.15, 0.2) is 0 Å². The molecule has 1 unspecified atom stereocenters. The molecule has 0 spiro atoms. The van der Waals surface area contributed by atoms with Crippen LogP contribution in [0.5, 0.6) is 0 Å². The van der Waals surface area contributed by atoms with Crippen molar-refractivity contribution in [3.8, 4) is 0 Å². The molecule has 0 saturated heterocycles. The molecule has 1 amide bonds. The van der Waals surface area contributed by atoms with Crippen LogP contribution in [0, 0.1) is 0 Å². The Morgan fingerprint density at radius 1 is 1.53 bits per heavy atom. The normalized spacial score (nSPS) is 20.3. The summed E-state index contributed by atoms with van der Waals surface area (Å²) >= 11 is 5.09. The van der Waals surface area contributed by atoms with Gasteiger partial charge in [-0.05, 0) is 24.6 Å². The molecule has 80 valence electrons. The van der Waals surface area contributed by atoms with Crippen molar-refractivity contribution in [2.45, 2.75) is 23.5 Å². The Bertz CT molecular complexity index is 408. The van der Waals surface area contributed by atoms with E-state index in [1.54, 1.807) is 16.7 Å². The van der Waals surface area contributed by atoms with Gasteiger partial charge in [0.1, 0.15) is 0 Å². The minimum atomic E-state index is 0.0728. The summed E-state index contributed by atoms with van der Waals surface area (Å²) in [5.74, 6) is 0.202. The summed E-state index contributed by atoms with van der Waals surface area (Å²) in [4.78, 5) is 14.9. The van der Waals surface area contributed by atoms with Gasteiger partial charge in [-0.2, -0.15) is 0 Å². The molecule has 0 radical (unpaired) electrons. The molecule has 1 heterocycles. The van der Waals surface area contributed by atoms with Gasteiger partial charge in [-0.25, -0.2) is 0 Å².